The molecule has 0 saturated carbocycles. The molecule has 18 heavy (non-hydrogen) atoms. The number of carbonyl (C=O) groups excluding carboxylic acids is 1. The lowest BCUT2D eigenvalue weighted by atomic mass is 10.1. The van der Waals surface area contributed by atoms with Gasteiger partial charge in [-0.2, -0.15) is 4.31 Å². The Bertz CT molecular complexity index is 463. The van der Waals surface area contributed by atoms with E-state index in [0.29, 0.717) is 19.3 Å². The molecule has 0 N–H and O–H groups in total. The minimum absolute atomic E-state index is 0.0225. The third-order valence-corrected chi connectivity index (χ3v) is 4.75. The van der Waals surface area contributed by atoms with Crippen LogP contribution in [0.3, 0.4) is 0 Å². The Morgan fingerprint density at radius 2 is 2.06 bits per heavy atom. The van der Waals surface area contributed by atoms with Gasteiger partial charge in [0, 0.05) is 6.54 Å². The van der Waals surface area contributed by atoms with Gasteiger partial charge in [-0.15, -0.1) is 0 Å². The Hall–Kier alpha value is -1.20. The maximum atomic E-state index is 12.2. The maximum absolute atomic E-state index is 12.2. The van der Waals surface area contributed by atoms with Gasteiger partial charge >= 0.3 is 0 Å². The van der Waals surface area contributed by atoms with Crippen LogP contribution in [0.2, 0.25) is 0 Å². The van der Waals surface area contributed by atoms with Crippen LogP contribution in [-0.4, -0.2) is 31.6 Å². The quantitative estimate of drug-likeness (QED) is 0.567. The number of hydrogen-bond donors (Lipinski definition) is 0. The molecule has 1 aliphatic rings. The molecule has 4 nitrogen and oxygen atoms in total. The Kier molecular flexibility index (Phi) is 5.50. The first kappa shape index (κ1) is 14.9. The Balaban J connectivity index is 2.90. The Morgan fingerprint density at radius 1 is 1.33 bits per heavy atom. The molecule has 0 bridgehead atoms. The van der Waals surface area contributed by atoms with Crippen molar-refractivity contribution >= 4 is 16.3 Å². The standard InChI is InChI=1S/C13H19NO3S/c1-3-4-5-8-12(2)18(16,17)14-10-7-6-9-13(14)11-15/h3-5,8,11,13H,2,6-7,9-10H2,1H3/b4-3-,8-5-. The average Bonchev–Trinajstić information content (AvgIpc) is 2.38. The molecule has 0 aromatic heterocycles. The number of carbonyl (C=O) groups is 1. The van der Waals surface area contributed by atoms with E-state index in [1.807, 2.05) is 6.92 Å². The molecule has 100 valence electrons. The van der Waals surface area contributed by atoms with Gasteiger partial charge in [0.1, 0.15) is 6.29 Å². The summed E-state index contributed by atoms with van der Waals surface area (Å²) in [5.74, 6) is 0. The van der Waals surface area contributed by atoms with E-state index in [1.165, 1.54) is 10.4 Å². The van der Waals surface area contributed by atoms with Gasteiger partial charge in [0.05, 0.1) is 10.9 Å². The number of nitrogens with zero attached hydrogens (tertiary/aromatic N) is 1. The molecule has 1 atom stereocenters. The second kappa shape index (κ2) is 6.66. The van der Waals surface area contributed by atoms with Gasteiger partial charge in [0.2, 0.25) is 10.0 Å². The van der Waals surface area contributed by atoms with Crippen LogP contribution in [0, 0.1) is 0 Å². The molecule has 0 aromatic rings. The Morgan fingerprint density at radius 3 is 2.67 bits per heavy atom. The van der Waals surface area contributed by atoms with Crippen molar-refractivity contribution in [2.45, 2.75) is 32.2 Å². The summed E-state index contributed by atoms with van der Waals surface area (Å²) in [4.78, 5) is 11.0. The molecule has 0 amide bonds. The molecule has 1 heterocycles. The smallest absolute Gasteiger partial charge is 0.243 e. The van der Waals surface area contributed by atoms with Crippen LogP contribution in [0.5, 0.6) is 0 Å². The van der Waals surface area contributed by atoms with Gasteiger partial charge in [0.15, 0.2) is 0 Å². The van der Waals surface area contributed by atoms with Crippen molar-refractivity contribution in [2.75, 3.05) is 6.54 Å². The lowest BCUT2D eigenvalue weighted by molar-refractivity contribution is -0.111. The summed E-state index contributed by atoms with van der Waals surface area (Å²) < 4.78 is 25.7. The van der Waals surface area contributed by atoms with Crippen molar-refractivity contribution in [3.8, 4) is 0 Å². The SMILES string of the molecule is C=C(/C=C\C=C/C)S(=O)(=O)N1CCCCC1C=O. The first-order valence-corrected chi connectivity index (χ1v) is 7.43. The summed E-state index contributed by atoms with van der Waals surface area (Å²) in [6.07, 6.45) is 9.57. The van der Waals surface area contributed by atoms with Crippen molar-refractivity contribution in [1.82, 2.24) is 4.31 Å². The number of aldehydes is 1. The van der Waals surface area contributed by atoms with Gasteiger partial charge in [-0.05, 0) is 25.8 Å². The van der Waals surface area contributed by atoms with E-state index < -0.39 is 16.1 Å². The first-order chi connectivity index (χ1) is 8.54. The van der Waals surface area contributed by atoms with Crippen LogP contribution in [0.25, 0.3) is 0 Å². The summed E-state index contributed by atoms with van der Waals surface area (Å²) in [5.41, 5.74) is 0. The summed E-state index contributed by atoms with van der Waals surface area (Å²) in [6.45, 7) is 5.81. The van der Waals surface area contributed by atoms with E-state index in [0.717, 1.165) is 12.8 Å². The third-order valence-electron chi connectivity index (χ3n) is 2.88. The van der Waals surface area contributed by atoms with Crippen molar-refractivity contribution < 1.29 is 13.2 Å². The zero-order valence-corrected chi connectivity index (χ0v) is 11.4. The van der Waals surface area contributed by atoms with Crippen LogP contribution in [-0.2, 0) is 14.8 Å². The largest absolute Gasteiger partial charge is 0.302 e. The van der Waals surface area contributed by atoms with E-state index in [4.69, 9.17) is 0 Å². The van der Waals surface area contributed by atoms with Gasteiger partial charge in [0.25, 0.3) is 0 Å². The second-order valence-corrected chi connectivity index (χ2v) is 6.11. The van der Waals surface area contributed by atoms with Crippen LogP contribution in [0.1, 0.15) is 26.2 Å². The predicted molar refractivity (Wildman–Crippen MR) is 72.4 cm³/mol. The highest BCUT2D eigenvalue weighted by molar-refractivity contribution is 7.93. The molecule has 1 unspecified atom stereocenters. The number of hydrogen-bond acceptors (Lipinski definition) is 3. The molecule has 1 saturated heterocycles. The van der Waals surface area contributed by atoms with Crippen LogP contribution in [0.4, 0.5) is 0 Å². The zero-order valence-electron chi connectivity index (χ0n) is 10.6. The highest BCUT2D eigenvalue weighted by atomic mass is 32.2. The van der Waals surface area contributed by atoms with Gasteiger partial charge < -0.3 is 4.79 Å². The van der Waals surface area contributed by atoms with Crippen molar-refractivity contribution in [2.24, 2.45) is 0 Å². The van der Waals surface area contributed by atoms with Gasteiger partial charge in [-0.3, -0.25) is 0 Å². The number of allylic oxidation sites excluding steroid dienone is 4. The van der Waals surface area contributed by atoms with Crippen LogP contribution >= 0.6 is 0 Å². The number of sulfonamides is 1. The Labute approximate surface area is 109 Å². The number of rotatable bonds is 5. The minimum atomic E-state index is -3.62. The summed E-state index contributed by atoms with van der Waals surface area (Å²) >= 11 is 0. The summed E-state index contributed by atoms with van der Waals surface area (Å²) in [6, 6.07) is -0.546. The lowest BCUT2D eigenvalue weighted by Crippen LogP contribution is -2.44. The van der Waals surface area contributed by atoms with E-state index in [9.17, 15) is 13.2 Å². The monoisotopic (exact) mass is 269 g/mol. The zero-order chi connectivity index (χ0) is 13.6. The predicted octanol–water partition coefficient (Wildman–Crippen LogP) is 2.02. The fraction of sp³-hybridized carbons (Fsp3) is 0.462. The summed E-state index contributed by atoms with van der Waals surface area (Å²) in [7, 11) is -3.62. The van der Waals surface area contributed by atoms with E-state index >= 15 is 0 Å². The second-order valence-electron chi connectivity index (χ2n) is 4.17. The molecule has 1 fully saturated rings. The van der Waals surface area contributed by atoms with E-state index in [1.54, 1.807) is 18.2 Å². The highest BCUT2D eigenvalue weighted by Gasteiger charge is 2.32. The molecule has 0 aromatic carbocycles. The van der Waals surface area contributed by atoms with Gasteiger partial charge in [-0.1, -0.05) is 31.2 Å². The van der Waals surface area contributed by atoms with E-state index in [-0.39, 0.29) is 4.91 Å². The number of piperidine rings is 1. The van der Waals surface area contributed by atoms with Crippen molar-refractivity contribution in [3.05, 3.63) is 35.8 Å². The minimum Gasteiger partial charge on any atom is -0.302 e. The van der Waals surface area contributed by atoms with Crippen molar-refractivity contribution in [1.29, 1.82) is 0 Å². The molecular weight excluding hydrogens is 250 g/mol. The van der Waals surface area contributed by atoms with E-state index in [2.05, 4.69) is 6.58 Å². The van der Waals surface area contributed by atoms with Crippen LogP contribution < -0.4 is 0 Å². The molecule has 0 spiro atoms. The normalized spacial score (nSPS) is 22.6. The lowest BCUT2D eigenvalue weighted by Gasteiger charge is -2.31. The third kappa shape index (κ3) is 3.40. The molecule has 1 aliphatic heterocycles. The molecule has 0 radical (unpaired) electrons. The van der Waals surface area contributed by atoms with Crippen molar-refractivity contribution in [3.63, 3.8) is 0 Å². The maximum Gasteiger partial charge on any atom is 0.243 e. The topological polar surface area (TPSA) is 54.5 Å². The first-order valence-electron chi connectivity index (χ1n) is 5.99. The summed E-state index contributed by atoms with van der Waals surface area (Å²) in [5, 5.41) is 0. The fourth-order valence-electron chi connectivity index (χ4n) is 1.88. The van der Waals surface area contributed by atoms with Crippen LogP contribution in [0.15, 0.2) is 35.8 Å². The van der Waals surface area contributed by atoms with Gasteiger partial charge in [-0.25, -0.2) is 8.42 Å². The highest BCUT2D eigenvalue weighted by Crippen LogP contribution is 2.23. The molecular formula is C13H19NO3S. The fourth-order valence-corrected chi connectivity index (χ4v) is 3.31. The molecule has 5 heteroatoms. The average molecular weight is 269 g/mol. The molecule has 1 rings (SSSR count). The molecule has 0 aliphatic carbocycles.